The van der Waals surface area contributed by atoms with E-state index in [9.17, 15) is 0 Å². The first kappa shape index (κ1) is 15.9. The van der Waals surface area contributed by atoms with Crippen LogP contribution >= 0.6 is 0 Å². The van der Waals surface area contributed by atoms with E-state index in [1.807, 2.05) is 30.3 Å². The monoisotopic (exact) mass is 265 g/mol. The Hall–Kier alpha value is -2.12. The van der Waals surface area contributed by atoms with Gasteiger partial charge in [-0.05, 0) is 23.8 Å². The van der Waals surface area contributed by atoms with Gasteiger partial charge in [-0.2, -0.15) is 0 Å². The molecule has 0 fully saturated rings. The highest BCUT2D eigenvalue weighted by Gasteiger charge is 1.91. The normalized spacial score (nSPS) is 10.2. The third-order valence-electron chi connectivity index (χ3n) is 2.96. The zero-order valence-corrected chi connectivity index (χ0v) is 12.3. The number of rotatable bonds is 6. The maximum Gasteiger partial charge on any atom is 0.0472 e. The zero-order valence-electron chi connectivity index (χ0n) is 12.3. The van der Waals surface area contributed by atoms with Crippen LogP contribution in [-0.4, -0.2) is 0 Å². The summed E-state index contributed by atoms with van der Waals surface area (Å²) in [4.78, 5) is 0. The van der Waals surface area contributed by atoms with Gasteiger partial charge in [-0.3, -0.25) is 0 Å². The van der Waals surface area contributed by atoms with Crippen molar-refractivity contribution in [2.75, 3.05) is 0 Å². The lowest BCUT2D eigenvalue weighted by atomic mass is 10.1. The molecule has 0 atom stereocenters. The molecule has 20 heavy (non-hydrogen) atoms. The van der Waals surface area contributed by atoms with Crippen molar-refractivity contribution in [3.8, 4) is 23.7 Å². The van der Waals surface area contributed by atoms with Gasteiger partial charge < -0.3 is 5.73 Å². The molecule has 1 aromatic carbocycles. The Morgan fingerprint density at radius 1 is 1.05 bits per heavy atom. The largest absolute Gasteiger partial charge is 0.398 e. The average molecular weight is 265 g/mol. The van der Waals surface area contributed by atoms with Crippen LogP contribution in [0.5, 0.6) is 0 Å². The molecule has 0 radical (unpaired) electrons. The van der Waals surface area contributed by atoms with E-state index < -0.39 is 0 Å². The van der Waals surface area contributed by atoms with Crippen molar-refractivity contribution in [3.63, 3.8) is 0 Å². The van der Waals surface area contributed by atoms with Gasteiger partial charge >= 0.3 is 0 Å². The molecule has 0 aliphatic rings. The Labute approximate surface area is 123 Å². The van der Waals surface area contributed by atoms with Crippen LogP contribution in [0.2, 0.25) is 0 Å². The molecule has 1 rings (SSSR count). The van der Waals surface area contributed by atoms with Gasteiger partial charge in [-0.15, -0.1) is 0 Å². The molecule has 0 amide bonds. The van der Waals surface area contributed by atoms with E-state index in [2.05, 4.69) is 30.6 Å². The molecular formula is C19H23N. The summed E-state index contributed by atoms with van der Waals surface area (Å²) in [5, 5.41) is 0. The van der Waals surface area contributed by atoms with Crippen LogP contribution in [0.4, 0.5) is 0 Å². The summed E-state index contributed by atoms with van der Waals surface area (Å²) >= 11 is 0. The van der Waals surface area contributed by atoms with Crippen LogP contribution in [-0.2, 0) is 0 Å². The molecule has 0 aromatic heterocycles. The maximum atomic E-state index is 5.91. The van der Waals surface area contributed by atoms with Crippen LogP contribution in [0, 0.1) is 23.7 Å². The molecule has 2 N–H and O–H groups in total. The highest BCUT2D eigenvalue weighted by molar-refractivity contribution is 5.65. The molecule has 1 aromatic rings. The standard InChI is InChI=1S/C19H23N/c1-2-3-4-5-6-7-8-9-10-14-17-19(20)18-15-12-11-13-16-18/h11-13,15-17H,2-7,20H2,1H3/b19-17-. The van der Waals surface area contributed by atoms with E-state index in [1.165, 1.54) is 32.1 Å². The highest BCUT2D eigenvalue weighted by atomic mass is 14.6. The summed E-state index contributed by atoms with van der Waals surface area (Å²) in [5.41, 5.74) is 7.59. The fraction of sp³-hybridized carbons (Fsp3) is 0.368. The SMILES string of the molecule is CCCCCCCC#CC#C/C=C(\N)c1ccccc1. The summed E-state index contributed by atoms with van der Waals surface area (Å²) in [6, 6.07) is 9.82. The van der Waals surface area contributed by atoms with Gasteiger partial charge in [0.1, 0.15) is 0 Å². The highest BCUT2D eigenvalue weighted by Crippen LogP contribution is 2.06. The molecule has 104 valence electrons. The van der Waals surface area contributed by atoms with Crippen molar-refractivity contribution in [3.05, 3.63) is 42.0 Å². The minimum absolute atomic E-state index is 0.680. The van der Waals surface area contributed by atoms with Gasteiger partial charge in [0.2, 0.25) is 0 Å². The van der Waals surface area contributed by atoms with Gasteiger partial charge in [0.25, 0.3) is 0 Å². The van der Waals surface area contributed by atoms with Crippen molar-refractivity contribution in [1.29, 1.82) is 0 Å². The van der Waals surface area contributed by atoms with Gasteiger partial charge in [-0.1, -0.05) is 74.8 Å². The van der Waals surface area contributed by atoms with Crippen molar-refractivity contribution in [2.45, 2.75) is 45.4 Å². The average Bonchev–Trinajstić information content (AvgIpc) is 2.50. The maximum absolute atomic E-state index is 5.91. The van der Waals surface area contributed by atoms with Gasteiger partial charge in [0.05, 0.1) is 0 Å². The van der Waals surface area contributed by atoms with E-state index in [0.717, 1.165) is 12.0 Å². The predicted molar refractivity (Wildman–Crippen MR) is 87.5 cm³/mol. The van der Waals surface area contributed by atoms with E-state index in [1.54, 1.807) is 6.08 Å². The first-order valence-corrected chi connectivity index (χ1v) is 7.34. The zero-order chi connectivity index (χ0) is 14.5. The van der Waals surface area contributed by atoms with Crippen LogP contribution in [0.3, 0.4) is 0 Å². The molecule has 0 unspecified atom stereocenters. The minimum atomic E-state index is 0.680. The molecule has 1 heteroatoms. The Balaban J connectivity index is 2.29. The van der Waals surface area contributed by atoms with E-state index in [4.69, 9.17) is 5.73 Å². The van der Waals surface area contributed by atoms with Crippen molar-refractivity contribution < 1.29 is 0 Å². The lowest BCUT2D eigenvalue weighted by Gasteiger charge is -1.97. The van der Waals surface area contributed by atoms with E-state index in [0.29, 0.717) is 5.70 Å². The summed E-state index contributed by atoms with van der Waals surface area (Å²) in [7, 11) is 0. The van der Waals surface area contributed by atoms with Crippen LogP contribution in [0.25, 0.3) is 5.70 Å². The van der Waals surface area contributed by atoms with Crippen LogP contribution in [0.15, 0.2) is 36.4 Å². The molecule has 0 bridgehead atoms. The number of unbranched alkanes of at least 4 members (excludes halogenated alkanes) is 5. The summed E-state index contributed by atoms with van der Waals surface area (Å²) in [6.45, 7) is 2.23. The molecule has 0 heterocycles. The van der Waals surface area contributed by atoms with Gasteiger partial charge in [-0.25, -0.2) is 0 Å². The number of allylic oxidation sites excluding steroid dienone is 1. The number of benzene rings is 1. The molecular weight excluding hydrogens is 242 g/mol. The second kappa shape index (κ2) is 10.8. The smallest absolute Gasteiger partial charge is 0.0472 e. The Morgan fingerprint density at radius 2 is 1.80 bits per heavy atom. The molecule has 0 spiro atoms. The Bertz CT molecular complexity index is 518. The minimum Gasteiger partial charge on any atom is -0.398 e. The quantitative estimate of drug-likeness (QED) is 0.600. The Morgan fingerprint density at radius 3 is 2.55 bits per heavy atom. The molecule has 0 saturated heterocycles. The van der Waals surface area contributed by atoms with Gasteiger partial charge in [0, 0.05) is 18.2 Å². The number of nitrogens with two attached hydrogens (primary N) is 1. The summed E-state index contributed by atoms with van der Waals surface area (Å²) in [5.74, 6) is 11.7. The molecule has 1 nitrogen and oxygen atoms in total. The van der Waals surface area contributed by atoms with Gasteiger partial charge in [0.15, 0.2) is 0 Å². The lowest BCUT2D eigenvalue weighted by molar-refractivity contribution is 0.641. The fourth-order valence-electron chi connectivity index (χ4n) is 1.79. The first-order valence-electron chi connectivity index (χ1n) is 7.34. The summed E-state index contributed by atoms with van der Waals surface area (Å²) in [6.07, 6.45) is 9.04. The summed E-state index contributed by atoms with van der Waals surface area (Å²) < 4.78 is 0. The third-order valence-corrected chi connectivity index (χ3v) is 2.96. The fourth-order valence-corrected chi connectivity index (χ4v) is 1.79. The van der Waals surface area contributed by atoms with Crippen molar-refractivity contribution in [2.24, 2.45) is 5.73 Å². The van der Waals surface area contributed by atoms with Crippen LogP contribution < -0.4 is 5.73 Å². The second-order valence-corrected chi connectivity index (χ2v) is 4.70. The predicted octanol–water partition coefficient (Wildman–Crippen LogP) is 4.35. The molecule has 0 aliphatic heterocycles. The van der Waals surface area contributed by atoms with Crippen LogP contribution in [0.1, 0.15) is 51.0 Å². The van der Waals surface area contributed by atoms with E-state index >= 15 is 0 Å². The molecule has 0 aliphatic carbocycles. The number of hydrogen-bond donors (Lipinski definition) is 1. The second-order valence-electron chi connectivity index (χ2n) is 4.70. The lowest BCUT2D eigenvalue weighted by Crippen LogP contribution is -1.94. The topological polar surface area (TPSA) is 26.0 Å². The van der Waals surface area contributed by atoms with E-state index in [-0.39, 0.29) is 0 Å². The first-order chi connectivity index (χ1) is 9.84. The molecule has 0 saturated carbocycles. The number of hydrogen-bond acceptors (Lipinski definition) is 1. The third kappa shape index (κ3) is 7.34. The van der Waals surface area contributed by atoms with Crippen molar-refractivity contribution >= 4 is 5.70 Å². The Kier molecular flexibility index (Phi) is 8.58. The van der Waals surface area contributed by atoms with Crippen molar-refractivity contribution in [1.82, 2.24) is 0 Å².